The first-order chi connectivity index (χ1) is 9.06. The van der Waals surface area contributed by atoms with Gasteiger partial charge in [-0.05, 0) is 25.0 Å². The Morgan fingerprint density at radius 2 is 2.16 bits per heavy atom. The lowest BCUT2D eigenvalue weighted by Crippen LogP contribution is -2.21. The molecular formula is C14H17ClN2O2. The summed E-state index contributed by atoms with van der Waals surface area (Å²) in [5.74, 6) is -0.125. The number of unbranched alkanes of at least 4 members (excludes halogenated alkanes) is 2. The molecule has 102 valence electrons. The van der Waals surface area contributed by atoms with E-state index in [1.165, 1.54) is 6.33 Å². The number of phenols is 1. The summed E-state index contributed by atoms with van der Waals surface area (Å²) in [6.45, 7) is 4.57. The molecule has 0 fully saturated rings. The van der Waals surface area contributed by atoms with E-state index in [0.717, 1.165) is 24.8 Å². The van der Waals surface area contributed by atoms with Crippen molar-refractivity contribution in [2.75, 3.05) is 0 Å². The standard InChI is InChI=1S/C14H17ClN2O2/c1-3-4-5-6-17-8-16-12-11(14(17)19)9(2)7-10(15)13(12)18/h7-8,18H,3-6H2,1-2H3. The van der Waals surface area contributed by atoms with Crippen molar-refractivity contribution in [3.05, 3.63) is 33.3 Å². The van der Waals surface area contributed by atoms with Crippen LogP contribution in [0.2, 0.25) is 5.02 Å². The van der Waals surface area contributed by atoms with Gasteiger partial charge in [-0.3, -0.25) is 9.36 Å². The van der Waals surface area contributed by atoms with Gasteiger partial charge in [-0.25, -0.2) is 4.98 Å². The number of phenolic OH excluding ortho intramolecular Hbond substituents is 1. The van der Waals surface area contributed by atoms with E-state index < -0.39 is 0 Å². The number of fused-ring (bicyclic) bond motifs is 1. The Balaban J connectivity index is 2.56. The SMILES string of the molecule is CCCCCn1cnc2c(O)c(Cl)cc(C)c2c1=O. The zero-order chi connectivity index (χ0) is 14.0. The molecule has 1 N–H and O–H groups in total. The molecule has 0 aliphatic carbocycles. The van der Waals surface area contributed by atoms with E-state index in [4.69, 9.17) is 11.6 Å². The summed E-state index contributed by atoms with van der Waals surface area (Å²) in [6, 6.07) is 1.60. The Labute approximate surface area is 116 Å². The second-order valence-corrected chi connectivity index (χ2v) is 5.10. The summed E-state index contributed by atoms with van der Waals surface area (Å²) < 4.78 is 1.60. The van der Waals surface area contributed by atoms with Crippen LogP contribution in [0.25, 0.3) is 10.9 Å². The van der Waals surface area contributed by atoms with Crippen LogP contribution < -0.4 is 5.56 Å². The van der Waals surface area contributed by atoms with Crippen molar-refractivity contribution in [1.29, 1.82) is 0 Å². The van der Waals surface area contributed by atoms with E-state index in [2.05, 4.69) is 11.9 Å². The van der Waals surface area contributed by atoms with E-state index in [1.807, 2.05) is 0 Å². The van der Waals surface area contributed by atoms with Gasteiger partial charge in [-0.2, -0.15) is 0 Å². The van der Waals surface area contributed by atoms with E-state index in [9.17, 15) is 9.90 Å². The molecule has 19 heavy (non-hydrogen) atoms. The first-order valence-corrected chi connectivity index (χ1v) is 6.81. The number of aromatic hydroxyl groups is 1. The van der Waals surface area contributed by atoms with Gasteiger partial charge in [0.25, 0.3) is 5.56 Å². The molecule has 0 amide bonds. The van der Waals surface area contributed by atoms with Crippen molar-refractivity contribution in [3.63, 3.8) is 0 Å². The maximum absolute atomic E-state index is 12.4. The predicted octanol–water partition coefficient (Wildman–Crippen LogP) is 3.25. The van der Waals surface area contributed by atoms with Crippen LogP contribution in [0, 0.1) is 6.92 Å². The van der Waals surface area contributed by atoms with E-state index in [-0.39, 0.29) is 21.8 Å². The van der Waals surface area contributed by atoms with Crippen molar-refractivity contribution in [1.82, 2.24) is 9.55 Å². The summed E-state index contributed by atoms with van der Waals surface area (Å²) in [5.41, 5.74) is 0.896. The Morgan fingerprint density at radius 3 is 2.84 bits per heavy atom. The lowest BCUT2D eigenvalue weighted by atomic mass is 10.1. The smallest absolute Gasteiger partial charge is 0.261 e. The summed E-state index contributed by atoms with van der Waals surface area (Å²) >= 11 is 5.89. The molecule has 0 bridgehead atoms. The highest BCUT2D eigenvalue weighted by atomic mass is 35.5. The number of rotatable bonds is 4. The zero-order valence-electron chi connectivity index (χ0n) is 11.1. The highest BCUT2D eigenvalue weighted by Crippen LogP contribution is 2.31. The average molecular weight is 281 g/mol. The molecule has 4 nitrogen and oxygen atoms in total. The number of nitrogens with zero attached hydrogens (tertiary/aromatic N) is 2. The van der Waals surface area contributed by atoms with Gasteiger partial charge >= 0.3 is 0 Å². The van der Waals surface area contributed by atoms with Crippen molar-refractivity contribution >= 4 is 22.5 Å². The monoisotopic (exact) mass is 280 g/mol. The second-order valence-electron chi connectivity index (χ2n) is 4.70. The van der Waals surface area contributed by atoms with Crippen LogP contribution in [0.1, 0.15) is 31.7 Å². The summed E-state index contributed by atoms with van der Waals surface area (Å²) in [7, 11) is 0. The van der Waals surface area contributed by atoms with Crippen LogP contribution in [0.15, 0.2) is 17.2 Å². The zero-order valence-corrected chi connectivity index (χ0v) is 11.9. The summed E-state index contributed by atoms with van der Waals surface area (Å²) in [4.78, 5) is 16.5. The molecule has 0 radical (unpaired) electrons. The van der Waals surface area contributed by atoms with Crippen LogP contribution in [0.5, 0.6) is 5.75 Å². The third-order valence-electron chi connectivity index (χ3n) is 3.23. The van der Waals surface area contributed by atoms with Gasteiger partial charge in [0.1, 0.15) is 5.52 Å². The third kappa shape index (κ3) is 2.59. The van der Waals surface area contributed by atoms with Crippen LogP contribution >= 0.6 is 11.6 Å². The van der Waals surface area contributed by atoms with E-state index in [1.54, 1.807) is 17.6 Å². The summed E-state index contributed by atoms with van der Waals surface area (Å²) in [5, 5.41) is 10.5. The van der Waals surface area contributed by atoms with E-state index >= 15 is 0 Å². The fourth-order valence-corrected chi connectivity index (χ4v) is 2.41. The highest BCUT2D eigenvalue weighted by Gasteiger charge is 2.13. The number of halogens is 1. The van der Waals surface area contributed by atoms with Crippen LogP contribution in [0.4, 0.5) is 0 Å². The molecule has 1 aromatic carbocycles. The lowest BCUT2D eigenvalue weighted by molar-refractivity contribution is 0.480. The Kier molecular flexibility index (Phi) is 4.10. The Morgan fingerprint density at radius 1 is 1.42 bits per heavy atom. The van der Waals surface area contributed by atoms with Gasteiger partial charge in [0.15, 0.2) is 5.75 Å². The minimum Gasteiger partial charge on any atom is -0.504 e. The van der Waals surface area contributed by atoms with Gasteiger partial charge in [-0.15, -0.1) is 0 Å². The predicted molar refractivity (Wildman–Crippen MR) is 76.9 cm³/mol. The molecule has 0 saturated carbocycles. The molecule has 0 unspecified atom stereocenters. The van der Waals surface area contributed by atoms with Crippen LogP contribution in [0.3, 0.4) is 0 Å². The lowest BCUT2D eigenvalue weighted by Gasteiger charge is -2.09. The summed E-state index contributed by atoms with van der Waals surface area (Å²) in [6.07, 6.45) is 4.61. The largest absolute Gasteiger partial charge is 0.504 e. The van der Waals surface area contributed by atoms with E-state index in [0.29, 0.717) is 11.9 Å². The van der Waals surface area contributed by atoms with Gasteiger partial charge in [0.2, 0.25) is 0 Å². The minimum atomic E-state index is -0.125. The minimum absolute atomic E-state index is 0.120. The molecule has 1 heterocycles. The second kappa shape index (κ2) is 5.61. The quantitative estimate of drug-likeness (QED) is 0.875. The van der Waals surface area contributed by atoms with Crippen LogP contribution in [-0.2, 0) is 6.54 Å². The number of hydrogen-bond donors (Lipinski definition) is 1. The molecule has 5 heteroatoms. The molecule has 2 aromatic rings. The Hall–Kier alpha value is -1.55. The van der Waals surface area contributed by atoms with Gasteiger partial charge in [0.05, 0.1) is 16.7 Å². The fourth-order valence-electron chi connectivity index (χ4n) is 2.16. The highest BCUT2D eigenvalue weighted by molar-refractivity contribution is 6.33. The molecule has 1 aromatic heterocycles. The first kappa shape index (κ1) is 13.9. The number of aryl methyl sites for hydroxylation is 2. The van der Waals surface area contributed by atoms with Crippen molar-refractivity contribution in [2.45, 2.75) is 39.7 Å². The molecular weight excluding hydrogens is 264 g/mol. The molecule has 0 atom stereocenters. The normalized spacial score (nSPS) is 11.1. The average Bonchev–Trinajstić information content (AvgIpc) is 2.38. The maximum atomic E-state index is 12.4. The third-order valence-corrected chi connectivity index (χ3v) is 3.52. The molecule has 0 saturated heterocycles. The number of aromatic nitrogens is 2. The van der Waals surface area contributed by atoms with Gasteiger partial charge < -0.3 is 5.11 Å². The first-order valence-electron chi connectivity index (χ1n) is 6.43. The van der Waals surface area contributed by atoms with Crippen molar-refractivity contribution in [2.24, 2.45) is 0 Å². The van der Waals surface area contributed by atoms with Gasteiger partial charge in [-0.1, -0.05) is 31.4 Å². The topological polar surface area (TPSA) is 55.1 Å². The molecule has 2 rings (SSSR count). The molecule has 0 spiro atoms. The van der Waals surface area contributed by atoms with Crippen molar-refractivity contribution < 1.29 is 5.11 Å². The number of benzene rings is 1. The number of hydrogen-bond acceptors (Lipinski definition) is 3. The van der Waals surface area contributed by atoms with Crippen molar-refractivity contribution in [3.8, 4) is 5.75 Å². The molecule has 0 aliphatic rings. The maximum Gasteiger partial charge on any atom is 0.261 e. The Bertz CT molecular complexity index is 665. The van der Waals surface area contributed by atoms with Crippen LogP contribution in [-0.4, -0.2) is 14.7 Å². The van der Waals surface area contributed by atoms with Gasteiger partial charge in [0, 0.05) is 6.54 Å². The molecule has 0 aliphatic heterocycles. The fraction of sp³-hybridized carbons (Fsp3) is 0.429.